The first-order valence-corrected chi connectivity index (χ1v) is 11.3. The number of rotatable bonds is 3. The van der Waals surface area contributed by atoms with Crippen molar-refractivity contribution in [2.75, 3.05) is 5.32 Å². The predicted molar refractivity (Wildman–Crippen MR) is 117 cm³/mol. The number of alkyl halides is 3. The average Bonchev–Trinajstić information content (AvgIpc) is 3.46. The van der Waals surface area contributed by atoms with Gasteiger partial charge in [-0.2, -0.15) is 18.3 Å². The lowest BCUT2D eigenvalue weighted by Gasteiger charge is -2.61. The summed E-state index contributed by atoms with van der Waals surface area (Å²) in [6.07, 6.45) is 2.06. The highest BCUT2D eigenvalue weighted by molar-refractivity contribution is 5.91. The number of nitrogens with zero attached hydrogens (tertiary/aromatic N) is 8. The highest BCUT2D eigenvalue weighted by Crippen LogP contribution is 2.55. The number of halogens is 3. The van der Waals surface area contributed by atoms with Crippen molar-refractivity contribution in [1.29, 1.82) is 0 Å². The van der Waals surface area contributed by atoms with Crippen molar-refractivity contribution in [1.82, 2.24) is 39.7 Å². The molecular formula is C22H20F3N9O2. The van der Waals surface area contributed by atoms with Crippen LogP contribution in [0.5, 0.6) is 0 Å². The van der Waals surface area contributed by atoms with Crippen LogP contribution in [0.2, 0.25) is 0 Å². The van der Waals surface area contributed by atoms with E-state index in [1.165, 1.54) is 23.2 Å². The minimum absolute atomic E-state index is 0.00525. The number of nitrogens with one attached hydrogen (secondary N) is 1. The lowest BCUT2D eigenvalue weighted by atomic mass is 9.64. The van der Waals surface area contributed by atoms with Crippen molar-refractivity contribution < 1.29 is 22.4 Å². The van der Waals surface area contributed by atoms with Crippen LogP contribution in [0.1, 0.15) is 43.5 Å². The van der Waals surface area contributed by atoms with Crippen LogP contribution < -0.4 is 5.32 Å². The molecule has 0 spiro atoms. The second-order valence-electron chi connectivity index (χ2n) is 9.31. The molecule has 0 radical (unpaired) electrons. The molecule has 186 valence electrons. The van der Waals surface area contributed by atoms with Crippen LogP contribution in [0, 0.1) is 12.8 Å². The Morgan fingerprint density at radius 1 is 1.19 bits per heavy atom. The molecule has 14 heteroatoms. The molecule has 3 atom stereocenters. The first kappa shape index (κ1) is 22.4. The number of fused-ring (bicyclic) bond motifs is 3. The molecule has 36 heavy (non-hydrogen) atoms. The molecule has 1 saturated carbocycles. The van der Waals surface area contributed by atoms with Crippen LogP contribution in [-0.2, 0) is 11.7 Å². The highest BCUT2D eigenvalue weighted by Gasteiger charge is 2.62. The summed E-state index contributed by atoms with van der Waals surface area (Å²) in [6.45, 7) is 3.78. The molecule has 11 nitrogen and oxygen atoms in total. The van der Waals surface area contributed by atoms with Crippen molar-refractivity contribution in [2.45, 2.75) is 50.9 Å². The Morgan fingerprint density at radius 2 is 2.03 bits per heavy atom. The lowest BCUT2D eigenvalue weighted by Crippen LogP contribution is -2.70. The Balaban J connectivity index is 1.34. The van der Waals surface area contributed by atoms with Crippen molar-refractivity contribution >= 4 is 17.5 Å². The molecule has 1 aliphatic carbocycles. The quantitative estimate of drug-likeness (QED) is 0.451. The fraction of sp³-hybridized carbons (Fsp3) is 0.409. The number of likely N-dealkylation sites (tertiary alicyclic amines) is 1. The predicted octanol–water partition coefficient (Wildman–Crippen LogP) is 3.83. The first-order chi connectivity index (χ1) is 17.1. The number of hydrogen-bond donors (Lipinski definition) is 1. The van der Waals surface area contributed by atoms with Gasteiger partial charge in [-0.25, -0.2) is 19.3 Å². The Hall–Kier alpha value is -4.10. The maximum Gasteiger partial charge on any atom is 0.418 e. The van der Waals surface area contributed by atoms with Gasteiger partial charge in [-0.3, -0.25) is 10.3 Å². The third-order valence-corrected chi connectivity index (χ3v) is 6.79. The van der Waals surface area contributed by atoms with Gasteiger partial charge in [-0.1, -0.05) is 6.92 Å². The topological polar surface area (TPSA) is 127 Å². The van der Waals surface area contributed by atoms with E-state index in [0.717, 1.165) is 12.5 Å². The second-order valence-corrected chi connectivity index (χ2v) is 9.31. The summed E-state index contributed by atoms with van der Waals surface area (Å²) in [5.41, 5.74) is -1.59. The minimum atomic E-state index is -4.69. The zero-order chi connectivity index (χ0) is 25.2. The maximum absolute atomic E-state index is 13.8. The fourth-order valence-electron chi connectivity index (χ4n) is 5.43. The third kappa shape index (κ3) is 3.46. The summed E-state index contributed by atoms with van der Waals surface area (Å²) in [5, 5.41) is 14.7. The molecule has 3 unspecified atom stereocenters. The molecule has 4 aromatic rings. The molecular weight excluding hydrogens is 479 g/mol. The number of aryl methyl sites for hydroxylation is 1. The number of anilines is 1. The van der Waals surface area contributed by atoms with Gasteiger partial charge in [0.1, 0.15) is 17.7 Å². The first-order valence-electron chi connectivity index (χ1n) is 11.3. The summed E-state index contributed by atoms with van der Waals surface area (Å²) in [7, 11) is 0. The van der Waals surface area contributed by atoms with E-state index in [0.29, 0.717) is 42.4 Å². The number of piperidine rings is 1. The number of pyridine rings is 1. The molecule has 2 fully saturated rings. The van der Waals surface area contributed by atoms with Gasteiger partial charge < -0.3 is 9.32 Å². The van der Waals surface area contributed by atoms with Crippen LogP contribution in [0.4, 0.5) is 23.8 Å². The van der Waals surface area contributed by atoms with E-state index in [4.69, 9.17) is 4.42 Å². The number of carbonyl (C=O) groups is 1. The van der Waals surface area contributed by atoms with Gasteiger partial charge in [0, 0.05) is 31.1 Å². The van der Waals surface area contributed by atoms with Crippen LogP contribution in [0.25, 0.3) is 16.9 Å². The van der Waals surface area contributed by atoms with Gasteiger partial charge in [-0.05, 0) is 24.8 Å². The zero-order valence-electron chi connectivity index (χ0n) is 19.2. The van der Waals surface area contributed by atoms with Gasteiger partial charge in [0.15, 0.2) is 5.65 Å². The summed E-state index contributed by atoms with van der Waals surface area (Å²) >= 11 is 0. The Labute approximate surface area is 201 Å². The Morgan fingerprint density at radius 3 is 2.78 bits per heavy atom. The molecule has 2 aliphatic rings. The van der Waals surface area contributed by atoms with E-state index < -0.39 is 23.3 Å². The maximum atomic E-state index is 13.8. The molecule has 4 aromatic heterocycles. The zero-order valence-corrected chi connectivity index (χ0v) is 19.2. The van der Waals surface area contributed by atoms with Gasteiger partial charge in [0.2, 0.25) is 11.8 Å². The number of carbonyl (C=O) groups excluding carboxylic acids is 1. The lowest BCUT2D eigenvalue weighted by molar-refractivity contribution is -0.137. The van der Waals surface area contributed by atoms with Crippen LogP contribution in [0.3, 0.4) is 0 Å². The van der Waals surface area contributed by atoms with Crippen molar-refractivity contribution in [2.24, 2.45) is 5.92 Å². The molecule has 6 rings (SSSR count). The number of urea groups is 1. The SMILES string of the molecule is Cc1nnc(C23CC(C)CC(C2)N3C(=O)Nc2cc(-c3cn4ncnc4cn3)c(C(F)(F)F)cn2)o1. The minimum Gasteiger partial charge on any atom is -0.423 e. The van der Waals surface area contributed by atoms with E-state index in [1.54, 1.807) is 11.8 Å². The summed E-state index contributed by atoms with van der Waals surface area (Å²) in [6, 6.07) is 0.617. The molecule has 2 amide bonds. The summed E-state index contributed by atoms with van der Waals surface area (Å²) in [5.74, 6) is 1.06. The number of amides is 2. The highest BCUT2D eigenvalue weighted by atomic mass is 19.4. The second kappa shape index (κ2) is 7.70. The van der Waals surface area contributed by atoms with Crippen LogP contribution in [-0.4, -0.2) is 51.7 Å². The number of aromatic nitrogens is 7. The summed E-state index contributed by atoms with van der Waals surface area (Å²) < 4.78 is 48.4. The van der Waals surface area contributed by atoms with E-state index in [1.807, 2.05) is 0 Å². The number of hydrogen-bond acceptors (Lipinski definition) is 8. The van der Waals surface area contributed by atoms with Gasteiger partial charge >= 0.3 is 12.2 Å². The van der Waals surface area contributed by atoms with E-state index in [9.17, 15) is 18.0 Å². The van der Waals surface area contributed by atoms with E-state index in [2.05, 4.69) is 42.5 Å². The largest absolute Gasteiger partial charge is 0.423 e. The van der Waals surface area contributed by atoms with E-state index >= 15 is 0 Å². The molecule has 1 N–H and O–H groups in total. The fourth-order valence-corrected chi connectivity index (χ4v) is 5.43. The van der Waals surface area contributed by atoms with Gasteiger partial charge in [0.25, 0.3) is 0 Å². The van der Waals surface area contributed by atoms with E-state index in [-0.39, 0.29) is 23.1 Å². The standard InChI is InChI=1S/C22H20F3N9O2/c1-11-3-13-6-21(5-11,19-32-31-12(2)36-19)34(13)20(35)30-17-4-14(15(7-27-17)22(23,24)25)16-9-33-18(8-26-16)28-10-29-33/h4,7-11,13H,3,5-6H2,1-2H3,(H,27,30,35). The monoisotopic (exact) mass is 499 g/mol. The smallest absolute Gasteiger partial charge is 0.418 e. The molecule has 1 saturated heterocycles. The van der Waals surface area contributed by atoms with Crippen LogP contribution in [0.15, 0.2) is 35.4 Å². The average molecular weight is 499 g/mol. The molecule has 2 bridgehead atoms. The Bertz CT molecular complexity index is 1480. The van der Waals surface area contributed by atoms with Crippen molar-refractivity contribution in [3.05, 3.63) is 48.3 Å². The normalized spacial score (nSPS) is 23.5. The van der Waals surface area contributed by atoms with Gasteiger partial charge in [-0.15, -0.1) is 10.2 Å². The molecule has 1 aliphatic heterocycles. The third-order valence-electron chi connectivity index (χ3n) is 6.79. The van der Waals surface area contributed by atoms with Gasteiger partial charge in [0.05, 0.1) is 23.7 Å². The Kier molecular flexibility index (Phi) is 4.78. The summed E-state index contributed by atoms with van der Waals surface area (Å²) in [4.78, 5) is 27.0. The molecule has 0 aromatic carbocycles. The van der Waals surface area contributed by atoms with Crippen molar-refractivity contribution in [3.8, 4) is 11.3 Å². The molecule has 5 heterocycles. The van der Waals surface area contributed by atoms with Crippen molar-refractivity contribution in [3.63, 3.8) is 0 Å². The van der Waals surface area contributed by atoms with Crippen LogP contribution >= 0.6 is 0 Å².